The number of hydrogen-bond donors (Lipinski definition) is 1. The van der Waals surface area contributed by atoms with Gasteiger partial charge in [-0.25, -0.2) is 4.98 Å². The average Bonchev–Trinajstić information content (AvgIpc) is 3.06. The number of amides is 1. The van der Waals surface area contributed by atoms with Gasteiger partial charge in [0, 0.05) is 62.8 Å². The first kappa shape index (κ1) is 22.0. The summed E-state index contributed by atoms with van der Waals surface area (Å²) in [5.74, 6) is 1.08. The number of carbonyl (C=O) groups is 2. The lowest BCUT2D eigenvalue weighted by Gasteiger charge is -2.33. The SMILES string of the molecule is Cn1ccnc1-c1ccc(C(=O)N2CCCN(C3CCCCC3)CC2)cc1.O=CO. The van der Waals surface area contributed by atoms with E-state index in [1.165, 1.54) is 32.1 Å². The Balaban J connectivity index is 0.000000806. The van der Waals surface area contributed by atoms with Crippen molar-refractivity contribution in [1.82, 2.24) is 19.4 Å². The molecule has 0 bridgehead atoms. The maximum Gasteiger partial charge on any atom is 0.290 e. The molecule has 1 amide bonds. The molecule has 2 aromatic rings. The van der Waals surface area contributed by atoms with Gasteiger partial charge in [-0.2, -0.15) is 0 Å². The quantitative estimate of drug-likeness (QED) is 0.783. The fraction of sp³-hybridized carbons (Fsp3) is 0.522. The topological polar surface area (TPSA) is 78.7 Å². The van der Waals surface area contributed by atoms with Gasteiger partial charge in [0.25, 0.3) is 12.4 Å². The second kappa shape index (κ2) is 10.9. The molecule has 1 aliphatic carbocycles. The predicted octanol–water partition coefficient (Wildman–Crippen LogP) is 3.27. The molecule has 0 radical (unpaired) electrons. The van der Waals surface area contributed by atoms with Gasteiger partial charge >= 0.3 is 0 Å². The molecule has 30 heavy (non-hydrogen) atoms. The highest BCUT2D eigenvalue weighted by molar-refractivity contribution is 5.94. The van der Waals surface area contributed by atoms with Crippen LogP contribution in [0.3, 0.4) is 0 Å². The van der Waals surface area contributed by atoms with Crippen LogP contribution in [-0.4, -0.2) is 69.1 Å². The molecule has 2 heterocycles. The number of nitrogens with zero attached hydrogens (tertiary/aromatic N) is 4. The molecule has 1 saturated carbocycles. The molecule has 7 nitrogen and oxygen atoms in total. The van der Waals surface area contributed by atoms with Gasteiger partial charge in [0.05, 0.1) is 0 Å². The lowest BCUT2D eigenvalue weighted by molar-refractivity contribution is -0.122. The lowest BCUT2D eigenvalue weighted by atomic mass is 9.94. The summed E-state index contributed by atoms with van der Waals surface area (Å²) in [6.45, 7) is 3.61. The van der Waals surface area contributed by atoms with Crippen LogP contribution in [0.1, 0.15) is 48.9 Å². The molecule has 1 saturated heterocycles. The molecule has 7 heteroatoms. The summed E-state index contributed by atoms with van der Waals surface area (Å²) in [4.78, 5) is 30.4. The molecular formula is C23H32N4O3. The number of imidazole rings is 1. The average molecular weight is 413 g/mol. The highest BCUT2D eigenvalue weighted by atomic mass is 16.3. The van der Waals surface area contributed by atoms with Crippen molar-refractivity contribution in [3.63, 3.8) is 0 Å². The molecule has 2 fully saturated rings. The Bertz CT molecular complexity index is 812. The van der Waals surface area contributed by atoms with E-state index in [2.05, 4.69) is 9.88 Å². The molecule has 4 rings (SSSR count). The van der Waals surface area contributed by atoms with E-state index in [9.17, 15) is 4.79 Å². The van der Waals surface area contributed by atoms with Crippen LogP contribution in [0.4, 0.5) is 0 Å². The second-order valence-corrected chi connectivity index (χ2v) is 8.02. The Kier molecular flexibility index (Phi) is 8.02. The molecule has 1 N–H and O–H groups in total. The van der Waals surface area contributed by atoms with Gasteiger partial charge in [0.15, 0.2) is 0 Å². The van der Waals surface area contributed by atoms with Crippen LogP contribution in [0.2, 0.25) is 0 Å². The first-order valence-electron chi connectivity index (χ1n) is 10.8. The Morgan fingerprint density at radius 3 is 2.37 bits per heavy atom. The maximum absolute atomic E-state index is 13.0. The zero-order chi connectivity index (χ0) is 21.3. The molecule has 0 atom stereocenters. The van der Waals surface area contributed by atoms with Crippen LogP contribution in [0.15, 0.2) is 36.7 Å². The maximum atomic E-state index is 13.0. The summed E-state index contributed by atoms with van der Waals surface area (Å²) in [5.41, 5.74) is 1.82. The van der Waals surface area contributed by atoms with Crippen molar-refractivity contribution < 1.29 is 14.7 Å². The second-order valence-electron chi connectivity index (χ2n) is 8.02. The Labute approximate surface area is 178 Å². The predicted molar refractivity (Wildman–Crippen MR) is 116 cm³/mol. The number of aromatic nitrogens is 2. The molecule has 0 spiro atoms. The van der Waals surface area contributed by atoms with Gasteiger partial charge in [-0.1, -0.05) is 31.4 Å². The molecule has 0 unspecified atom stereocenters. The Hall–Kier alpha value is -2.67. The molecule has 1 aromatic carbocycles. The third-order valence-electron chi connectivity index (χ3n) is 6.12. The lowest BCUT2D eigenvalue weighted by Crippen LogP contribution is -2.40. The number of benzene rings is 1. The molecule has 162 valence electrons. The highest BCUT2D eigenvalue weighted by Crippen LogP contribution is 2.24. The minimum Gasteiger partial charge on any atom is -0.483 e. The van der Waals surface area contributed by atoms with Crippen LogP contribution in [0, 0.1) is 0 Å². The van der Waals surface area contributed by atoms with Crippen LogP contribution in [0.5, 0.6) is 0 Å². The number of carboxylic acid groups (broad SMARTS) is 1. The minimum absolute atomic E-state index is 0.159. The zero-order valence-corrected chi connectivity index (χ0v) is 17.7. The summed E-state index contributed by atoms with van der Waals surface area (Å²) >= 11 is 0. The van der Waals surface area contributed by atoms with Gasteiger partial charge in [-0.3, -0.25) is 14.5 Å². The van der Waals surface area contributed by atoms with E-state index in [0.29, 0.717) is 0 Å². The molecule has 1 aliphatic heterocycles. The normalized spacial score (nSPS) is 18.2. The van der Waals surface area contributed by atoms with Crippen molar-refractivity contribution in [3.05, 3.63) is 42.2 Å². The van der Waals surface area contributed by atoms with Crippen molar-refractivity contribution in [2.75, 3.05) is 26.2 Å². The summed E-state index contributed by atoms with van der Waals surface area (Å²) < 4.78 is 1.99. The van der Waals surface area contributed by atoms with E-state index in [4.69, 9.17) is 9.90 Å². The monoisotopic (exact) mass is 412 g/mol. The Morgan fingerprint density at radius 1 is 1.03 bits per heavy atom. The van der Waals surface area contributed by atoms with E-state index in [1.807, 2.05) is 47.0 Å². The van der Waals surface area contributed by atoms with Crippen molar-refractivity contribution in [2.24, 2.45) is 7.05 Å². The van der Waals surface area contributed by atoms with E-state index >= 15 is 0 Å². The number of hydrogen-bond acceptors (Lipinski definition) is 4. The number of carbonyl (C=O) groups excluding carboxylic acids is 1. The smallest absolute Gasteiger partial charge is 0.290 e. The van der Waals surface area contributed by atoms with Crippen molar-refractivity contribution >= 4 is 12.4 Å². The molecular weight excluding hydrogens is 380 g/mol. The summed E-state index contributed by atoms with van der Waals surface area (Å²) in [5, 5.41) is 6.89. The van der Waals surface area contributed by atoms with Gasteiger partial charge in [0.2, 0.25) is 0 Å². The summed E-state index contributed by atoms with van der Waals surface area (Å²) in [6.07, 6.45) is 11.6. The molecule has 2 aliphatic rings. The van der Waals surface area contributed by atoms with E-state index < -0.39 is 0 Å². The van der Waals surface area contributed by atoms with Crippen LogP contribution < -0.4 is 0 Å². The van der Waals surface area contributed by atoms with Crippen molar-refractivity contribution in [1.29, 1.82) is 0 Å². The van der Waals surface area contributed by atoms with Crippen molar-refractivity contribution in [3.8, 4) is 11.4 Å². The third kappa shape index (κ3) is 5.48. The first-order valence-corrected chi connectivity index (χ1v) is 10.8. The van der Waals surface area contributed by atoms with E-state index in [-0.39, 0.29) is 12.4 Å². The van der Waals surface area contributed by atoms with Crippen LogP contribution >= 0.6 is 0 Å². The van der Waals surface area contributed by atoms with Crippen LogP contribution in [0.25, 0.3) is 11.4 Å². The number of rotatable bonds is 3. The van der Waals surface area contributed by atoms with E-state index in [0.717, 1.165) is 55.6 Å². The van der Waals surface area contributed by atoms with Gasteiger partial charge in [0.1, 0.15) is 5.82 Å². The van der Waals surface area contributed by atoms with E-state index in [1.54, 1.807) is 6.20 Å². The third-order valence-corrected chi connectivity index (χ3v) is 6.12. The number of aryl methyl sites for hydroxylation is 1. The van der Waals surface area contributed by atoms with Crippen molar-refractivity contribution in [2.45, 2.75) is 44.6 Å². The largest absolute Gasteiger partial charge is 0.483 e. The van der Waals surface area contributed by atoms with Gasteiger partial charge in [-0.05, 0) is 31.4 Å². The summed E-state index contributed by atoms with van der Waals surface area (Å²) in [6, 6.07) is 8.63. The zero-order valence-electron chi connectivity index (χ0n) is 17.7. The first-order chi connectivity index (χ1) is 14.6. The summed E-state index contributed by atoms with van der Waals surface area (Å²) in [7, 11) is 1.98. The minimum atomic E-state index is -0.250. The fourth-order valence-corrected chi connectivity index (χ4v) is 4.54. The van der Waals surface area contributed by atoms with Crippen LogP contribution in [-0.2, 0) is 11.8 Å². The fourth-order valence-electron chi connectivity index (χ4n) is 4.54. The highest BCUT2D eigenvalue weighted by Gasteiger charge is 2.25. The van der Waals surface area contributed by atoms with Gasteiger partial charge < -0.3 is 14.6 Å². The Morgan fingerprint density at radius 2 is 1.73 bits per heavy atom. The molecule has 1 aromatic heterocycles. The van der Waals surface area contributed by atoms with Gasteiger partial charge in [-0.15, -0.1) is 0 Å². The standard InChI is InChI=1S/C22H30N4O.CH2O2/c1-24-15-12-23-21(24)18-8-10-19(11-9-18)22(27)26-14-5-13-25(16-17-26)20-6-3-2-4-7-20;2-1-3/h8-12,15,20H,2-7,13-14,16-17H2,1H3;1H,(H,2,3).